The zero-order valence-electron chi connectivity index (χ0n) is 14.7. The Bertz CT molecular complexity index is 883. The molecule has 1 unspecified atom stereocenters. The van der Waals surface area contributed by atoms with E-state index in [0.717, 1.165) is 21.1 Å². The second-order valence-corrected chi connectivity index (χ2v) is 9.82. The van der Waals surface area contributed by atoms with E-state index in [-0.39, 0.29) is 23.5 Å². The second-order valence-electron chi connectivity index (χ2n) is 6.39. The van der Waals surface area contributed by atoms with Gasteiger partial charge < -0.3 is 4.90 Å². The Morgan fingerprint density at radius 1 is 1.36 bits per heavy atom. The lowest BCUT2D eigenvalue weighted by Gasteiger charge is -2.27. The topological polar surface area (TPSA) is 67.3 Å². The van der Waals surface area contributed by atoms with Gasteiger partial charge in [-0.2, -0.15) is 0 Å². The van der Waals surface area contributed by atoms with Crippen molar-refractivity contribution in [3.05, 3.63) is 40.4 Å². The summed E-state index contributed by atoms with van der Waals surface area (Å²) in [7, 11) is -3.02. The first kappa shape index (κ1) is 18.1. The van der Waals surface area contributed by atoms with Crippen molar-refractivity contribution in [3.63, 3.8) is 0 Å². The molecule has 1 aliphatic heterocycles. The number of thiazole rings is 1. The average Bonchev–Trinajstić information content (AvgIpc) is 3.10. The van der Waals surface area contributed by atoms with E-state index in [2.05, 4.69) is 4.98 Å². The SMILES string of the molecule is CCN(C(=O)c1cccc(-c2nc(C)c(C)s2)c1)C1CCS(=O)(=O)C1. The third-order valence-electron chi connectivity index (χ3n) is 4.64. The van der Waals surface area contributed by atoms with Crippen LogP contribution in [-0.2, 0) is 9.84 Å². The number of aromatic nitrogens is 1. The van der Waals surface area contributed by atoms with Gasteiger partial charge in [-0.15, -0.1) is 11.3 Å². The number of benzene rings is 1. The van der Waals surface area contributed by atoms with Gasteiger partial charge in [0.1, 0.15) is 5.01 Å². The number of hydrogen-bond acceptors (Lipinski definition) is 5. The highest BCUT2D eigenvalue weighted by molar-refractivity contribution is 7.91. The fraction of sp³-hybridized carbons (Fsp3) is 0.444. The first-order valence-corrected chi connectivity index (χ1v) is 11.0. The van der Waals surface area contributed by atoms with Gasteiger partial charge in [-0.1, -0.05) is 12.1 Å². The van der Waals surface area contributed by atoms with Gasteiger partial charge in [0.25, 0.3) is 5.91 Å². The predicted octanol–water partition coefficient (Wildman–Crippen LogP) is 3.08. The van der Waals surface area contributed by atoms with Gasteiger partial charge in [-0.25, -0.2) is 13.4 Å². The van der Waals surface area contributed by atoms with Crippen molar-refractivity contribution in [2.45, 2.75) is 33.2 Å². The molecule has 5 nitrogen and oxygen atoms in total. The number of amides is 1. The largest absolute Gasteiger partial charge is 0.335 e. The van der Waals surface area contributed by atoms with Crippen LogP contribution in [0.1, 0.15) is 34.3 Å². The van der Waals surface area contributed by atoms with Gasteiger partial charge in [0.2, 0.25) is 0 Å². The Morgan fingerprint density at radius 3 is 2.68 bits per heavy atom. The highest BCUT2D eigenvalue weighted by Crippen LogP contribution is 2.28. The third kappa shape index (κ3) is 3.77. The first-order valence-electron chi connectivity index (χ1n) is 8.36. The van der Waals surface area contributed by atoms with E-state index in [0.29, 0.717) is 18.5 Å². The molecule has 134 valence electrons. The smallest absolute Gasteiger partial charge is 0.254 e. The highest BCUT2D eigenvalue weighted by atomic mass is 32.2. The van der Waals surface area contributed by atoms with Crippen molar-refractivity contribution < 1.29 is 13.2 Å². The van der Waals surface area contributed by atoms with Crippen LogP contribution in [0, 0.1) is 13.8 Å². The predicted molar refractivity (Wildman–Crippen MR) is 101 cm³/mol. The maximum absolute atomic E-state index is 12.9. The van der Waals surface area contributed by atoms with Crippen LogP contribution in [-0.4, -0.2) is 48.3 Å². The first-order chi connectivity index (χ1) is 11.8. The van der Waals surface area contributed by atoms with E-state index in [1.165, 1.54) is 0 Å². The minimum absolute atomic E-state index is 0.0666. The Morgan fingerprint density at radius 2 is 2.12 bits per heavy atom. The molecule has 2 heterocycles. The lowest BCUT2D eigenvalue weighted by atomic mass is 10.1. The van der Waals surface area contributed by atoms with Crippen LogP contribution in [0.4, 0.5) is 0 Å². The Hall–Kier alpha value is -1.73. The summed E-state index contributed by atoms with van der Waals surface area (Å²) < 4.78 is 23.5. The summed E-state index contributed by atoms with van der Waals surface area (Å²) in [6.45, 7) is 6.40. The van der Waals surface area contributed by atoms with Crippen LogP contribution in [0.25, 0.3) is 10.6 Å². The van der Waals surface area contributed by atoms with Crippen LogP contribution >= 0.6 is 11.3 Å². The van der Waals surface area contributed by atoms with E-state index >= 15 is 0 Å². The number of nitrogens with zero attached hydrogens (tertiary/aromatic N) is 2. The van der Waals surface area contributed by atoms with Gasteiger partial charge in [0.05, 0.1) is 17.2 Å². The number of hydrogen-bond donors (Lipinski definition) is 0. The molecule has 0 saturated carbocycles. The summed E-state index contributed by atoms with van der Waals surface area (Å²) in [6, 6.07) is 7.21. The van der Waals surface area contributed by atoms with Crippen molar-refractivity contribution in [1.82, 2.24) is 9.88 Å². The molecule has 1 aromatic heterocycles. The van der Waals surface area contributed by atoms with E-state index in [1.807, 2.05) is 39.0 Å². The van der Waals surface area contributed by atoms with Gasteiger partial charge in [-0.05, 0) is 39.3 Å². The standard InChI is InChI=1S/C18H22N2O3S2/c1-4-20(16-8-9-25(22,23)11-16)18(21)15-7-5-6-14(10-15)17-19-12(2)13(3)24-17/h5-7,10,16H,4,8-9,11H2,1-3H3. The lowest BCUT2D eigenvalue weighted by molar-refractivity contribution is 0.0708. The average molecular weight is 379 g/mol. The minimum atomic E-state index is -3.02. The third-order valence-corrected chi connectivity index (χ3v) is 7.51. The molecule has 0 spiro atoms. The molecule has 1 atom stereocenters. The molecule has 0 bridgehead atoms. The normalized spacial score (nSPS) is 19.1. The van der Waals surface area contributed by atoms with Crippen LogP contribution in [0.3, 0.4) is 0 Å². The van der Waals surface area contributed by atoms with Crippen molar-refractivity contribution in [2.75, 3.05) is 18.1 Å². The zero-order valence-corrected chi connectivity index (χ0v) is 16.3. The number of carbonyl (C=O) groups is 1. The Labute approximate surface area is 152 Å². The lowest BCUT2D eigenvalue weighted by Crippen LogP contribution is -2.40. The van der Waals surface area contributed by atoms with Gasteiger partial charge >= 0.3 is 0 Å². The summed E-state index contributed by atoms with van der Waals surface area (Å²) in [5.74, 6) is 0.118. The fourth-order valence-electron chi connectivity index (χ4n) is 3.14. The Kier molecular flexibility index (Phi) is 4.97. The quantitative estimate of drug-likeness (QED) is 0.820. The summed E-state index contributed by atoms with van der Waals surface area (Å²) >= 11 is 1.61. The number of carbonyl (C=O) groups excluding carboxylic acids is 1. The minimum Gasteiger partial charge on any atom is -0.335 e. The molecule has 1 fully saturated rings. The monoisotopic (exact) mass is 378 g/mol. The molecule has 0 N–H and O–H groups in total. The summed E-state index contributed by atoms with van der Waals surface area (Å²) in [5, 5.41) is 0.899. The molecule has 25 heavy (non-hydrogen) atoms. The van der Waals surface area contributed by atoms with Gasteiger partial charge in [-0.3, -0.25) is 4.79 Å². The molecule has 3 rings (SSSR count). The van der Waals surface area contributed by atoms with E-state index in [1.54, 1.807) is 22.3 Å². The molecule has 1 amide bonds. The zero-order chi connectivity index (χ0) is 18.2. The van der Waals surface area contributed by atoms with E-state index < -0.39 is 9.84 Å². The van der Waals surface area contributed by atoms with E-state index in [9.17, 15) is 13.2 Å². The van der Waals surface area contributed by atoms with Crippen molar-refractivity contribution >= 4 is 27.1 Å². The molecular weight excluding hydrogens is 356 g/mol. The molecular formula is C18H22N2O3S2. The van der Waals surface area contributed by atoms with Crippen LogP contribution in [0.2, 0.25) is 0 Å². The van der Waals surface area contributed by atoms with Crippen molar-refractivity contribution in [2.24, 2.45) is 0 Å². The fourth-order valence-corrected chi connectivity index (χ4v) is 5.78. The van der Waals surface area contributed by atoms with Crippen molar-refractivity contribution in [1.29, 1.82) is 0 Å². The molecule has 1 aromatic carbocycles. The number of rotatable bonds is 4. The highest BCUT2D eigenvalue weighted by Gasteiger charge is 2.34. The van der Waals surface area contributed by atoms with E-state index in [4.69, 9.17) is 0 Å². The molecule has 1 aliphatic rings. The molecule has 1 saturated heterocycles. The number of aryl methyl sites for hydroxylation is 2. The van der Waals surface area contributed by atoms with Crippen molar-refractivity contribution in [3.8, 4) is 10.6 Å². The van der Waals surface area contributed by atoms with Crippen LogP contribution in [0.5, 0.6) is 0 Å². The molecule has 0 radical (unpaired) electrons. The molecule has 7 heteroatoms. The second kappa shape index (κ2) is 6.88. The van der Waals surface area contributed by atoms with Crippen LogP contribution in [0.15, 0.2) is 24.3 Å². The summed E-state index contributed by atoms with van der Waals surface area (Å²) in [4.78, 5) is 20.3. The molecule has 0 aliphatic carbocycles. The number of sulfone groups is 1. The Balaban J connectivity index is 1.88. The van der Waals surface area contributed by atoms with Gasteiger partial charge in [0.15, 0.2) is 9.84 Å². The summed E-state index contributed by atoms with van der Waals surface area (Å²) in [6.07, 6.45) is 0.520. The van der Waals surface area contributed by atoms with Crippen LogP contribution < -0.4 is 0 Å². The molecule has 2 aromatic rings. The van der Waals surface area contributed by atoms with Gasteiger partial charge in [0, 0.05) is 28.6 Å². The summed E-state index contributed by atoms with van der Waals surface area (Å²) in [5.41, 5.74) is 2.50. The maximum Gasteiger partial charge on any atom is 0.254 e. The maximum atomic E-state index is 12.9.